The number of carbonyl (C=O) groups excluding carboxylic acids is 1. The van der Waals surface area contributed by atoms with Crippen LogP contribution in [0, 0.1) is 17.3 Å². The number of carboxylic acids is 1. The summed E-state index contributed by atoms with van der Waals surface area (Å²) in [5.74, 6) is 3.35. The van der Waals surface area contributed by atoms with Crippen LogP contribution in [-0.2, 0) is 14.8 Å². The highest BCUT2D eigenvalue weighted by molar-refractivity contribution is 7.89. The first-order chi connectivity index (χ1) is 14.2. The van der Waals surface area contributed by atoms with Crippen molar-refractivity contribution in [3.05, 3.63) is 52.2 Å². The highest BCUT2D eigenvalue weighted by Crippen LogP contribution is 2.15. The third-order valence-electron chi connectivity index (χ3n) is 3.52. The van der Waals surface area contributed by atoms with Gasteiger partial charge in [0.1, 0.15) is 6.04 Å². The number of sulfonamides is 1. The molecule has 0 saturated carbocycles. The van der Waals surface area contributed by atoms with Gasteiger partial charge in [0.2, 0.25) is 10.0 Å². The second kappa shape index (κ2) is 10.4. The molecule has 10 nitrogen and oxygen atoms in total. The molecule has 30 heavy (non-hydrogen) atoms. The van der Waals surface area contributed by atoms with Crippen molar-refractivity contribution in [3.8, 4) is 11.8 Å². The van der Waals surface area contributed by atoms with Crippen molar-refractivity contribution in [2.45, 2.75) is 10.9 Å². The highest BCUT2D eigenvalue weighted by atomic mass is 32.2. The van der Waals surface area contributed by atoms with E-state index >= 15 is 0 Å². The molecule has 0 spiro atoms. The number of thiophene rings is 1. The second-order valence-electron chi connectivity index (χ2n) is 5.77. The van der Waals surface area contributed by atoms with E-state index in [0.717, 1.165) is 11.3 Å². The maximum atomic E-state index is 12.3. The van der Waals surface area contributed by atoms with Gasteiger partial charge >= 0.3 is 5.97 Å². The Bertz CT molecular complexity index is 1090. The zero-order chi connectivity index (χ0) is 22.1. The summed E-state index contributed by atoms with van der Waals surface area (Å²) in [4.78, 5) is 24.5. The van der Waals surface area contributed by atoms with Crippen LogP contribution < -0.4 is 21.1 Å². The lowest BCUT2D eigenvalue weighted by molar-refractivity contribution is -0.138. The molecule has 1 aromatic carbocycles. The van der Waals surface area contributed by atoms with Gasteiger partial charge in [-0.3, -0.25) is 15.0 Å². The van der Waals surface area contributed by atoms with E-state index in [-0.39, 0.29) is 22.3 Å². The Balaban J connectivity index is 1.97. The van der Waals surface area contributed by atoms with Gasteiger partial charge in [-0.15, -0.1) is 11.3 Å². The molecule has 0 fully saturated rings. The molecule has 158 valence electrons. The van der Waals surface area contributed by atoms with Crippen molar-refractivity contribution in [1.82, 2.24) is 15.4 Å². The summed E-state index contributed by atoms with van der Waals surface area (Å²) in [6.07, 6.45) is 0. The van der Waals surface area contributed by atoms with Crippen molar-refractivity contribution in [2.24, 2.45) is 5.73 Å². The topological polar surface area (TPSA) is 174 Å². The number of guanidine groups is 1. The van der Waals surface area contributed by atoms with E-state index in [9.17, 15) is 23.1 Å². The Kier molecular flexibility index (Phi) is 7.93. The first kappa shape index (κ1) is 22.9. The quantitative estimate of drug-likeness (QED) is 0.183. The van der Waals surface area contributed by atoms with Crippen LogP contribution >= 0.6 is 11.3 Å². The average molecular weight is 450 g/mol. The Hall–Kier alpha value is -3.40. The first-order valence-electron chi connectivity index (χ1n) is 8.44. The molecule has 1 atom stereocenters. The molecule has 1 amide bonds. The predicted molar refractivity (Wildman–Crippen MR) is 112 cm³/mol. The van der Waals surface area contributed by atoms with Gasteiger partial charge in [-0.05, 0) is 24.3 Å². The highest BCUT2D eigenvalue weighted by Gasteiger charge is 2.26. The molecule has 2 rings (SSSR count). The summed E-state index contributed by atoms with van der Waals surface area (Å²) in [7, 11) is -4.06. The van der Waals surface area contributed by atoms with Crippen LogP contribution in [0.1, 0.15) is 14.5 Å². The van der Waals surface area contributed by atoms with Crippen molar-refractivity contribution in [1.29, 1.82) is 5.41 Å². The molecule has 0 aliphatic heterocycles. The van der Waals surface area contributed by atoms with Crippen LogP contribution in [0.4, 0.5) is 0 Å². The molecule has 0 saturated heterocycles. The van der Waals surface area contributed by atoms with Crippen molar-refractivity contribution in [3.63, 3.8) is 0 Å². The first-order valence-corrected chi connectivity index (χ1v) is 10.7. The number of carbonyl (C=O) groups is 2. The largest absolute Gasteiger partial charge is 0.480 e. The molecule has 0 radical (unpaired) electrons. The SMILES string of the molecule is N=C(N)NCC#Cc1ccc(C(=O)NC[C@H](NS(=O)(=O)c2ccccc2)C(=O)O)s1. The summed E-state index contributed by atoms with van der Waals surface area (Å²) < 4.78 is 26.7. The molecule has 1 heterocycles. The lowest BCUT2D eigenvalue weighted by Gasteiger charge is -2.15. The second-order valence-corrected chi connectivity index (χ2v) is 8.57. The van der Waals surface area contributed by atoms with Crippen LogP contribution in [0.5, 0.6) is 0 Å². The van der Waals surface area contributed by atoms with Gasteiger partial charge in [0, 0.05) is 6.54 Å². The zero-order valence-electron chi connectivity index (χ0n) is 15.5. The molecular weight excluding hydrogens is 430 g/mol. The Morgan fingerprint density at radius 3 is 2.50 bits per heavy atom. The van der Waals surface area contributed by atoms with Crippen molar-refractivity contribution >= 4 is 39.2 Å². The lowest BCUT2D eigenvalue weighted by Crippen LogP contribution is -2.48. The average Bonchev–Trinajstić information content (AvgIpc) is 3.17. The van der Waals surface area contributed by atoms with Gasteiger partial charge in [-0.2, -0.15) is 4.72 Å². The van der Waals surface area contributed by atoms with Gasteiger partial charge in [0.05, 0.1) is 21.2 Å². The summed E-state index contributed by atoms with van der Waals surface area (Å²) in [6.45, 7) is -0.266. The lowest BCUT2D eigenvalue weighted by atomic mass is 10.3. The molecule has 0 aliphatic rings. The smallest absolute Gasteiger partial charge is 0.323 e. The fourth-order valence-electron chi connectivity index (χ4n) is 2.11. The Morgan fingerprint density at radius 2 is 1.87 bits per heavy atom. The molecule has 7 N–H and O–H groups in total. The number of nitrogens with one attached hydrogen (secondary N) is 4. The maximum absolute atomic E-state index is 12.3. The monoisotopic (exact) mass is 449 g/mol. The fraction of sp³-hybridized carbons (Fsp3) is 0.167. The predicted octanol–water partition coefficient (Wildman–Crippen LogP) is -0.256. The van der Waals surface area contributed by atoms with Crippen molar-refractivity contribution < 1.29 is 23.1 Å². The molecule has 1 aromatic heterocycles. The summed E-state index contributed by atoms with van der Waals surface area (Å²) in [5.41, 5.74) is 5.14. The number of hydrogen-bond donors (Lipinski definition) is 6. The normalized spacial score (nSPS) is 11.6. The minimum Gasteiger partial charge on any atom is -0.480 e. The standard InChI is InChI=1S/C18H19N5O5S2/c19-18(20)21-10-4-5-12-8-9-15(29-12)16(24)22-11-14(17(25)26)23-30(27,28)13-6-2-1-3-7-13/h1-3,6-9,14,23H,10-11H2,(H,22,24)(H,25,26)(H4,19,20,21)/t14-/m0/s1. The van der Waals surface area contributed by atoms with Crippen LogP contribution in [-0.4, -0.2) is 50.5 Å². The Morgan fingerprint density at radius 1 is 1.17 bits per heavy atom. The minimum atomic E-state index is -4.06. The number of rotatable bonds is 8. The fourth-order valence-corrected chi connectivity index (χ4v) is 4.12. The zero-order valence-corrected chi connectivity index (χ0v) is 17.1. The summed E-state index contributed by atoms with van der Waals surface area (Å²) in [6, 6.07) is 8.92. The van der Waals surface area contributed by atoms with Crippen LogP contribution in [0.25, 0.3) is 0 Å². The van der Waals surface area contributed by atoms with E-state index < -0.39 is 34.5 Å². The van der Waals surface area contributed by atoms with Gasteiger partial charge in [0.15, 0.2) is 5.96 Å². The summed E-state index contributed by atoms with van der Waals surface area (Å²) in [5, 5.41) is 21.3. The van der Waals surface area contributed by atoms with Crippen LogP contribution in [0.3, 0.4) is 0 Å². The number of aliphatic carboxylic acids is 1. The minimum absolute atomic E-state index is 0.0803. The van der Waals surface area contributed by atoms with Gasteiger partial charge in [-0.25, -0.2) is 8.42 Å². The molecule has 0 aliphatic carbocycles. The maximum Gasteiger partial charge on any atom is 0.323 e. The third kappa shape index (κ3) is 6.89. The third-order valence-corrected chi connectivity index (χ3v) is 6.01. The van der Waals surface area contributed by atoms with Gasteiger partial charge < -0.3 is 21.5 Å². The number of hydrogen-bond acceptors (Lipinski definition) is 6. The van der Waals surface area contributed by atoms with E-state index in [1.807, 2.05) is 0 Å². The Labute approximate surface area is 177 Å². The van der Waals surface area contributed by atoms with Crippen molar-refractivity contribution in [2.75, 3.05) is 13.1 Å². The van der Waals surface area contributed by atoms with Crippen LogP contribution in [0.2, 0.25) is 0 Å². The number of carboxylic acid groups (broad SMARTS) is 1. The van der Waals surface area contributed by atoms with E-state index in [2.05, 4.69) is 27.2 Å². The molecule has 12 heteroatoms. The number of amides is 1. The van der Waals surface area contributed by atoms with Crippen LogP contribution in [0.15, 0.2) is 47.4 Å². The molecule has 2 aromatic rings. The molecule has 0 unspecified atom stereocenters. The number of benzene rings is 1. The van der Waals surface area contributed by atoms with E-state index in [1.54, 1.807) is 12.1 Å². The van der Waals surface area contributed by atoms with E-state index in [1.165, 1.54) is 30.3 Å². The molecular formula is C18H19N5O5S2. The van der Waals surface area contributed by atoms with Gasteiger partial charge in [-0.1, -0.05) is 30.0 Å². The molecule has 0 bridgehead atoms. The van der Waals surface area contributed by atoms with E-state index in [0.29, 0.717) is 4.88 Å². The van der Waals surface area contributed by atoms with E-state index in [4.69, 9.17) is 11.1 Å². The summed E-state index contributed by atoms with van der Waals surface area (Å²) >= 11 is 1.09. The van der Waals surface area contributed by atoms with Gasteiger partial charge in [0.25, 0.3) is 5.91 Å². The number of nitrogens with two attached hydrogens (primary N) is 1.